The number of benzene rings is 2. The third-order valence-corrected chi connectivity index (χ3v) is 7.79. The van der Waals surface area contributed by atoms with Crippen LogP contribution in [0.1, 0.15) is 30.1 Å². The number of rotatable bonds is 6. The Morgan fingerprint density at radius 2 is 2.16 bits per heavy atom. The van der Waals surface area contributed by atoms with Crippen molar-refractivity contribution in [2.75, 3.05) is 25.9 Å². The van der Waals surface area contributed by atoms with Gasteiger partial charge in [0.2, 0.25) is 0 Å². The van der Waals surface area contributed by atoms with Gasteiger partial charge in [0.25, 0.3) is 0 Å². The summed E-state index contributed by atoms with van der Waals surface area (Å²) in [6.07, 6.45) is 5.52. The summed E-state index contributed by atoms with van der Waals surface area (Å²) in [5.41, 5.74) is 9.93. The van der Waals surface area contributed by atoms with E-state index in [1.54, 1.807) is 13.3 Å². The van der Waals surface area contributed by atoms with Gasteiger partial charge < -0.3 is 20.1 Å². The zero-order valence-electron chi connectivity index (χ0n) is 18.7. The Bertz CT molecular complexity index is 1150. The number of methoxy groups -OCH3 is 1. The zero-order valence-corrected chi connectivity index (χ0v) is 18.7. The molecule has 0 radical (unpaired) electrons. The molecule has 5 atom stereocenters. The first kappa shape index (κ1) is 21.0. The molecule has 3 aliphatic rings. The molecule has 2 bridgehead atoms. The van der Waals surface area contributed by atoms with Crippen molar-refractivity contribution >= 4 is 16.6 Å². The second-order valence-electron chi connectivity index (χ2n) is 9.51. The number of nitrogen functional groups attached to an aromatic ring is 1. The molecule has 0 aliphatic carbocycles. The molecule has 0 spiro atoms. The number of aromatic nitrogens is 1. The molecule has 3 N–H and O–H groups in total. The number of nitrogens with two attached hydrogens (primary N) is 1. The Morgan fingerprint density at radius 3 is 2.94 bits per heavy atom. The van der Waals surface area contributed by atoms with Crippen LogP contribution in [0.25, 0.3) is 10.9 Å². The van der Waals surface area contributed by atoms with Crippen LogP contribution >= 0.6 is 0 Å². The number of aliphatic hydroxyl groups excluding tert-OH is 1. The van der Waals surface area contributed by atoms with Crippen LogP contribution < -0.4 is 10.5 Å². The van der Waals surface area contributed by atoms with Gasteiger partial charge in [0.05, 0.1) is 25.7 Å². The van der Waals surface area contributed by atoms with Crippen LogP contribution in [0.2, 0.25) is 0 Å². The summed E-state index contributed by atoms with van der Waals surface area (Å²) in [6.45, 7) is 7.08. The third-order valence-electron chi connectivity index (χ3n) is 7.79. The monoisotopic (exact) mass is 430 g/mol. The standard InChI is InChI=1S/C27H32N3O2/c1-3-19-17-30(16-18-5-4-6-21(28)13-18)12-10-20(19)14-26(30)27(31)23-9-11-29-25-8-7-22(32-2)15-24(23)25/h3-9,11,13,15,19-20,26-27,31H,1,10,12,14,16-17,28H2,2H3/q+1. The van der Waals surface area contributed by atoms with Gasteiger partial charge in [0, 0.05) is 41.6 Å². The minimum absolute atomic E-state index is 0.114. The van der Waals surface area contributed by atoms with Crippen molar-refractivity contribution in [3.63, 3.8) is 0 Å². The molecule has 32 heavy (non-hydrogen) atoms. The van der Waals surface area contributed by atoms with Crippen molar-refractivity contribution in [3.8, 4) is 5.75 Å². The highest BCUT2D eigenvalue weighted by atomic mass is 16.5. The first-order valence-electron chi connectivity index (χ1n) is 11.5. The van der Waals surface area contributed by atoms with Crippen molar-refractivity contribution in [2.45, 2.75) is 31.5 Å². The molecule has 0 saturated carbocycles. The quantitative estimate of drug-likeness (QED) is 0.344. The van der Waals surface area contributed by atoms with Crippen molar-refractivity contribution in [3.05, 3.63) is 78.5 Å². The largest absolute Gasteiger partial charge is 0.497 e. The van der Waals surface area contributed by atoms with E-state index in [1.165, 1.54) is 12.0 Å². The maximum atomic E-state index is 11.9. The smallest absolute Gasteiger partial charge is 0.131 e. The Morgan fingerprint density at radius 1 is 1.28 bits per heavy atom. The van der Waals surface area contributed by atoms with Crippen molar-refractivity contribution < 1.29 is 14.3 Å². The third kappa shape index (κ3) is 3.55. The highest BCUT2D eigenvalue weighted by Gasteiger charge is 2.54. The van der Waals surface area contributed by atoms with Crippen LogP contribution in [-0.2, 0) is 6.54 Å². The normalized spacial score (nSPS) is 27.9. The summed E-state index contributed by atoms with van der Waals surface area (Å²) in [5, 5.41) is 12.8. The first-order valence-corrected chi connectivity index (χ1v) is 11.5. The van der Waals surface area contributed by atoms with Crippen LogP contribution in [0.3, 0.4) is 0 Å². The molecule has 4 heterocycles. The fourth-order valence-electron chi connectivity index (χ4n) is 6.17. The van der Waals surface area contributed by atoms with Gasteiger partial charge in [0.1, 0.15) is 24.4 Å². The predicted octanol–water partition coefficient (Wildman–Crippen LogP) is 4.47. The molecule has 3 fully saturated rings. The van der Waals surface area contributed by atoms with Crippen LogP contribution in [0.4, 0.5) is 5.69 Å². The van der Waals surface area contributed by atoms with Gasteiger partial charge in [-0.1, -0.05) is 18.2 Å². The van der Waals surface area contributed by atoms with Gasteiger partial charge in [-0.05, 0) is 47.9 Å². The second-order valence-corrected chi connectivity index (χ2v) is 9.51. The number of hydrogen-bond donors (Lipinski definition) is 2. The minimum Gasteiger partial charge on any atom is -0.497 e. The van der Waals surface area contributed by atoms with E-state index in [0.717, 1.165) is 58.4 Å². The van der Waals surface area contributed by atoms with E-state index in [4.69, 9.17) is 10.5 Å². The average molecular weight is 431 g/mol. The maximum absolute atomic E-state index is 11.9. The lowest BCUT2D eigenvalue weighted by molar-refractivity contribution is -0.984. The molecule has 0 amide bonds. The summed E-state index contributed by atoms with van der Waals surface area (Å²) in [7, 11) is 1.67. The van der Waals surface area contributed by atoms with Crippen molar-refractivity contribution in [2.24, 2.45) is 11.8 Å². The van der Waals surface area contributed by atoms with Gasteiger partial charge in [-0.2, -0.15) is 0 Å². The number of ether oxygens (including phenoxy) is 1. The van der Waals surface area contributed by atoms with Crippen molar-refractivity contribution in [1.82, 2.24) is 4.98 Å². The average Bonchev–Trinajstić information content (AvgIpc) is 2.82. The molecule has 5 nitrogen and oxygen atoms in total. The Kier molecular flexibility index (Phi) is 5.39. The molecule has 5 heteroatoms. The van der Waals surface area contributed by atoms with E-state index < -0.39 is 6.10 Å². The molecular formula is C27H32N3O2+. The number of nitrogens with zero attached hydrogens (tertiary/aromatic N) is 2. The fraction of sp³-hybridized carbons (Fsp3) is 0.370. The molecule has 3 saturated heterocycles. The fourth-order valence-corrected chi connectivity index (χ4v) is 6.17. The molecule has 3 aliphatic heterocycles. The molecule has 6 rings (SSSR count). The van der Waals surface area contributed by atoms with E-state index in [0.29, 0.717) is 11.8 Å². The second kappa shape index (κ2) is 8.23. The molecule has 5 unspecified atom stereocenters. The number of hydrogen-bond acceptors (Lipinski definition) is 4. The minimum atomic E-state index is -0.581. The predicted molar refractivity (Wildman–Crippen MR) is 128 cm³/mol. The highest BCUT2D eigenvalue weighted by molar-refractivity contribution is 5.83. The van der Waals surface area contributed by atoms with Gasteiger partial charge in [0.15, 0.2) is 0 Å². The summed E-state index contributed by atoms with van der Waals surface area (Å²) >= 11 is 0. The van der Waals surface area contributed by atoms with Gasteiger partial charge >= 0.3 is 0 Å². The van der Waals surface area contributed by atoms with Gasteiger partial charge in [-0.25, -0.2) is 0 Å². The lowest BCUT2D eigenvalue weighted by atomic mass is 9.71. The van der Waals surface area contributed by atoms with Crippen LogP contribution in [0, 0.1) is 11.8 Å². The Hall–Kier alpha value is -2.89. The number of aliphatic hydroxyl groups is 1. The zero-order chi connectivity index (χ0) is 22.3. The molecule has 1 aromatic heterocycles. The number of pyridine rings is 1. The van der Waals surface area contributed by atoms with Crippen LogP contribution in [-0.4, -0.2) is 40.8 Å². The van der Waals surface area contributed by atoms with E-state index in [9.17, 15) is 5.11 Å². The van der Waals surface area contributed by atoms with E-state index in [-0.39, 0.29) is 6.04 Å². The van der Waals surface area contributed by atoms with E-state index >= 15 is 0 Å². The van der Waals surface area contributed by atoms with Crippen LogP contribution in [0.5, 0.6) is 5.75 Å². The molecule has 2 aromatic carbocycles. The van der Waals surface area contributed by atoms with Crippen molar-refractivity contribution in [1.29, 1.82) is 0 Å². The lowest BCUT2D eigenvalue weighted by Crippen LogP contribution is -2.67. The maximum Gasteiger partial charge on any atom is 0.131 e. The van der Waals surface area contributed by atoms with Crippen LogP contribution in [0.15, 0.2) is 67.4 Å². The molecule has 166 valence electrons. The number of piperidine rings is 3. The Balaban J connectivity index is 1.56. The summed E-state index contributed by atoms with van der Waals surface area (Å²) in [4.78, 5) is 4.51. The van der Waals surface area contributed by atoms with E-state index in [2.05, 4.69) is 29.8 Å². The summed E-state index contributed by atoms with van der Waals surface area (Å²) < 4.78 is 6.32. The van der Waals surface area contributed by atoms with Gasteiger partial charge in [-0.15, -0.1) is 6.58 Å². The number of quaternary nitrogens is 1. The van der Waals surface area contributed by atoms with E-state index in [1.807, 2.05) is 36.4 Å². The highest BCUT2D eigenvalue weighted by Crippen LogP contribution is 2.48. The first-order chi connectivity index (χ1) is 15.5. The lowest BCUT2D eigenvalue weighted by Gasteiger charge is -2.58. The SMILES string of the molecule is C=CC1C[N+]2(Cc3cccc(N)c3)CCC1CC2C(O)c1ccnc2ccc(OC)cc12. The summed E-state index contributed by atoms with van der Waals surface area (Å²) in [5.74, 6) is 1.85. The summed E-state index contributed by atoms with van der Waals surface area (Å²) in [6, 6.07) is 16.1. The Labute approximate surface area is 189 Å². The molecular weight excluding hydrogens is 398 g/mol. The topological polar surface area (TPSA) is 68.4 Å². The number of anilines is 1. The molecule has 3 aromatic rings. The van der Waals surface area contributed by atoms with Gasteiger partial charge in [-0.3, -0.25) is 4.98 Å². The number of fused-ring (bicyclic) bond motifs is 4.